The van der Waals surface area contributed by atoms with E-state index in [9.17, 15) is 12.8 Å². The van der Waals surface area contributed by atoms with Gasteiger partial charge < -0.3 is 10.5 Å². The Morgan fingerprint density at radius 1 is 1.45 bits per heavy atom. The predicted octanol–water partition coefficient (Wildman–Crippen LogP) is 0.451. The summed E-state index contributed by atoms with van der Waals surface area (Å²) in [6.07, 6.45) is 0.540. The van der Waals surface area contributed by atoms with E-state index in [0.29, 0.717) is 13.0 Å². The highest BCUT2D eigenvalue weighted by Crippen LogP contribution is 2.14. The van der Waals surface area contributed by atoms with Crippen LogP contribution in [0.2, 0.25) is 0 Å². The number of sulfonamides is 1. The van der Waals surface area contributed by atoms with E-state index in [1.165, 1.54) is 19.2 Å². The van der Waals surface area contributed by atoms with Gasteiger partial charge in [0.1, 0.15) is 5.82 Å². The fourth-order valence-electron chi connectivity index (χ4n) is 1.42. The number of ether oxygens (including phenoxy) is 1. The Kier molecular flexibility index (Phi) is 6.61. The molecule has 0 aliphatic heterocycles. The van der Waals surface area contributed by atoms with Crippen molar-refractivity contribution in [3.63, 3.8) is 0 Å². The van der Waals surface area contributed by atoms with E-state index in [1.807, 2.05) is 0 Å². The van der Waals surface area contributed by atoms with Gasteiger partial charge in [0.25, 0.3) is 0 Å². The topological polar surface area (TPSA) is 81.4 Å². The van der Waals surface area contributed by atoms with E-state index in [2.05, 4.69) is 16.6 Å². The van der Waals surface area contributed by atoms with Crippen LogP contribution >= 0.6 is 0 Å². The summed E-state index contributed by atoms with van der Waals surface area (Å²) in [6, 6.07) is 3.57. The summed E-state index contributed by atoms with van der Waals surface area (Å²) in [4.78, 5) is -0.134. The Morgan fingerprint density at radius 3 is 2.80 bits per heavy atom. The third-order valence-corrected chi connectivity index (χ3v) is 3.85. The lowest BCUT2D eigenvalue weighted by Crippen LogP contribution is -2.25. The normalized spacial score (nSPS) is 10.9. The molecular weight excluding hydrogens is 283 g/mol. The molecule has 0 atom stereocenters. The van der Waals surface area contributed by atoms with Gasteiger partial charge in [-0.15, -0.1) is 0 Å². The quantitative estimate of drug-likeness (QED) is 0.590. The van der Waals surface area contributed by atoms with Crippen molar-refractivity contribution in [3.8, 4) is 11.8 Å². The highest BCUT2D eigenvalue weighted by molar-refractivity contribution is 7.89. The molecule has 1 rings (SSSR count). The molecule has 110 valence electrons. The van der Waals surface area contributed by atoms with Gasteiger partial charge in [-0.3, -0.25) is 0 Å². The summed E-state index contributed by atoms with van der Waals surface area (Å²) in [6.45, 7) is 0.789. The Morgan fingerprint density at radius 2 is 2.20 bits per heavy atom. The average Bonchev–Trinajstić information content (AvgIpc) is 2.42. The van der Waals surface area contributed by atoms with Crippen molar-refractivity contribution < 1.29 is 17.5 Å². The van der Waals surface area contributed by atoms with Crippen LogP contribution in [0.15, 0.2) is 23.1 Å². The minimum absolute atomic E-state index is 0.112. The van der Waals surface area contributed by atoms with Gasteiger partial charge in [-0.1, -0.05) is 11.8 Å². The molecule has 0 saturated heterocycles. The van der Waals surface area contributed by atoms with Gasteiger partial charge in [0.15, 0.2) is 0 Å². The van der Waals surface area contributed by atoms with Crippen molar-refractivity contribution in [3.05, 3.63) is 29.6 Å². The number of hydrogen-bond donors (Lipinski definition) is 2. The van der Waals surface area contributed by atoms with Crippen molar-refractivity contribution in [2.75, 3.05) is 26.8 Å². The maximum atomic E-state index is 13.7. The van der Waals surface area contributed by atoms with E-state index in [4.69, 9.17) is 10.5 Å². The maximum absolute atomic E-state index is 13.7. The standard InChI is InChI=1S/C13H17FN2O3S/c1-19-9-3-8-16-20(17,18)12-6-5-11(4-2-7-15)13(14)10-12/h5-6,10,16H,3,7-9,15H2,1H3. The summed E-state index contributed by atoms with van der Waals surface area (Å²) < 4.78 is 44.7. The molecule has 1 aromatic rings. The summed E-state index contributed by atoms with van der Waals surface area (Å²) in [7, 11) is -2.19. The monoisotopic (exact) mass is 300 g/mol. The lowest BCUT2D eigenvalue weighted by molar-refractivity contribution is 0.196. The molecule has 0 amide bonds. The molecule has 0 aliphatic rings. The minimum atomic E-state index is -3.72. The maximum Gasteiger partial charge on any atom is 0.240 e. The first-order chi connectivity index (χ1) is 9.51. The number of benzene rings is 1. The first kappa shape index (κ1) is 16.6. The fourth-order valence-corrected chi connectivity index (χ4v) is 2.50. The number of nitrogens with one attached hydrogen (secondary N) is 1. The number of methoxy groups -OCH3 is 1. The molecule has 0 heterocycles. The lowest BCUT2D eigenvalue weighted by Gasteiger charge is -2.07. The number of rotatable bonds is 6. The van der Waals surface area contributed by atoms with Gasteiger partial charge in [0.2, 0.25) is 10.0 Å². The Bertz CT molecular complexity index is 606. The Balaban J connectivity index is 2.83. The minimum Gasteiger partial charge on any atom is -0.385 e. The zero-order valence-corrected chi connectivity index (χ0v) is 12.0. The molecular formula is C13H17FN2O3S. The predicted molar refractivity (Wildman–Crippen MR) is 74.0 cm³/mol. The van der Waals surface area contributed by atoms with Crippen molar-refractivity contribution in [2.45, 2.75) is 11.3 Å². The number of hydrogen-bond acceptors (Lipinski definition) is 4. The molecule has 7 heteroatoms. The van der Waals surface area contributed by atoms with Gasteiger partial charge in [0.05, 0.1) is 17.0 Å². The zero-order chi connectivity index (χ0) is 15.0. The van der Waals surface area contributed by atoms with Gasteiger partial charge >= 0.3 is 0 Å². The summed E-state index contributed by atoms with van der Waals surface area (Å²) >= 11 is 0. The summed E-state index contributed by atoms with van der Waals surface area (Å²) in [5.74, 6) is 4.35. The molecule has 0 fully saturated rings. The van der Waals surface area contributed by atoms with Crippen LogP contribution in [0.1, 0.15) is 12.0 Å². The smallest absolute Gasteiger partial charge is 0.240 e. The third-order valence-electron chi connectivity index (χ3n) is 2.39. The van der Waals surface area contributed by atoms with Crippen LogP contribution in [-0.2, 0) is 14.8 Å². The Labute approximate surface area is 118 Å². The van der Waals surface area contributed by atoms with Crippen molar-refractivity contribution in [1.29, 1.82) is 0 Å². The van der Waals surface area contributed by atoms with Gasteiger partial charge in [-0.2, -0.15) is 0 Å². The molecule has 20 heavy (non-hydrogen) atoms. The van der Waals surface area contributed by atoms with Crippen molar-refractivity contribution in [2.24, 2.45) is 5.73 Å². The van der Waals surface area contributed by atoms with E-state index in [1.54, 1.807) is 0 Å². The van der Waals surface area contributed by atoms with Crippen molar-refractivity contribution >= 4 is 10.0 Å². The van der Waals surface area contributed by atoms with Gasteiger partial charge in [0, 0.05) is 20.3 Å². The molecule has 1 aromatic carbocycles. The van der Waals surface area contributed by atoms with Crippen molar-refractivity contribution in [1.82, 2.24) is 4.72 Å². The van der Waals surface area contributed by atoms with E-state index >= 15 is 0 Å². The van der Waals surface area contributed by atoms with Crippen LogP contribution in [-0.4, -0.2) is 35.2 Å². The molecule has 5 nitrogen and oxygen atoms in total. The average molecular weight is 300 g/mol. The summed E-state index contributed by atoms with van der Waals surface area (Å²) in [5, 5.41) is 0. The van der Waals surface area contributed by atoms with Crippen LogP contribution in [0.4, 0.5) is 4.39 Å². The lowest BCUT2D eigenvalue weighted by atomic mass is 10.2. The molecule has 0 radical (unpaired) electrons. The zero-order valence-electron chi connectivity index (χ0n) is 11.1. The highest BCUT2D eigenvalue weighted by Gasteiger charge is 2.15. The number of nitrogens with two attached hydrogens (primary N) is 1. The van der Waals surface area contributed by atoms with Crippen LogP contribution in [0.3, 0.4) is 0 Å². The van der Waals surface area contributed by atoms with Crippen LogP contribution in [0, 0.1) is 17.7 Å². The second-order valence-corrected chi connectivity index (χ2v) is 5.66. The molecule has 0 aromatic heterocycles. The highest BCUT2D eigenvalue weighted by atomic mass is 32.2. The molecule has 3 N–H and O–H groups in total. The molecule has 0 unspecified atom stereocenters. The van der Waals surface area contributed by atoms with Crippen LogP contribution in [0.25, 0.3) is 0 Å². The fraction of sp³-hybridized carbons (Fsp3) is 0.385. The van der Waals surface area contributed by atoms with Crippen LogP contribution in [0.5, 0.6) is 0 Å². The molecule has 0 bridgehead atoms. The molecule has 0 spiro atoms. The molecule has 0 saturated carbocycles. The van der Waals surface area contributed by atoms with E-state index in [0.717, 1.165) is 6.07 Å². The van der Waals surface area contributed by atoms with Gasteiger partial charge in [-0.05, 0) is 24.6 Å². The van der Waals surface area contributed by atoms with E-state index in [-0.39, 0.29) is 23.5 Å². The second-order valence-electron chi connectivity index (χ2n) is 3.89. The van der Waals surface area contributed by atoms with Crippen LogP contribution < -0.4 is 10.5 Å². The number of halogens is 1. The largest absolute Gasteiger partial charge is 0.385 e. The first-order valence-corrected chi connectivity index (χ1v) is 7.46. The van der Waals surface area contributed by atoms with Gasteiger partial charge in [-0.25, -0.2) is 17.5 Å². The SMILES string of the molecule is COCCCNS(=O)(=O)c1ccc(C#CCN)c(F)c1. The summed E-state index contributed by atoms with van der Waals surface area (Å²) in [5.41, 5.74) is 5.31. The second kappa shape index (κ2) is 7.97. The Hall–Kier alpha value is -1.46. The molecule has 0 aliphatic carbocycles. The third kappa shape index (κ3) is 4.90. The first-order valence-electron chi connectivity index (χ1n) is 5.98. The van der Waals surface area contributed by atoms with E-state index < -0.39 is 15.8 Å².